The molecular formula is C17H16FN5O3. The van der Waals surface area contributed by atoms with Gasteiger partial charge >= 0.3 is 0 Å². The SMILES string of the molecule is CN1CN(C)c2nc3n(Cc4ccc(F)cc4)c(=O)cc(O)n3c2C1=O. The number of fused-ring (bicyclic) bond motifs is 3. The summed E-state index contributed by atoms with van der Waals surface area (Å²) in [4.78, 5) is 32.7. The van der Waals surface area contributed by atoms with Crippen LogP contribution in [-0.4, -0.2) is 50.6 Å². The van der Waals surface area contributed by atoms with Crippen molar-refractivity contribution in [2.24, 2.45) is 0 Å². The minimum absolute atomic E-state index is 0.131. The number of hydrogen-bond acceptors (Lipinski definition) is 5. The van der Waals surface area contributed by atoms with Crippen LogP contribution in [0, 0.1) is 5.82 Å². The molecule has 2 aromatic heterocycles. The van der Waals surface area contributed by atoms with Gasteiger partial charge in [-0.05, 0) is 17.7 Å². The monoisotopic (exact) mass is 357 g/mol. The molecule has 0 spiro atoms. The topological polar surface area (TPSA) is 83.1 Å². The zero-order valence-corrected chi connectivity index (χ0v) is 14.2. The number of halogens is 1. The number of aromatic hydroxyl groups is 1. The van der Waals surface area contributed by atoms with E-state index in [1.165, 1.54) is 26.0 Å². The fourth-order valence-corrected chi connectivity index (χ4v) is 3.16. The maximum Gasteiger partial charge on any atom is 0.276 e. The van der Waals surface area contributed by atoms with Gasteiger partial charge in [0.15, 0.2) is 11.5 Å². The van der Waals surface area contributed by atoms with Crippen LogP contribution in [0.1, 0.15) is 16.1 Å². The number of aromatic nitrogens is 3. The van der Waals surface area contributed by atoms with E-state index in [0.29, 0.717) is 18.1 Å². The molecule has 1 N–H and O–H groups in total. The number of nitrogens with zero attached hydrogens (tertiary/aromatic N) is 5. The average molecular weight is 357 g/mol. The Hall–Kier alpha value is -3.36. The first-order chi connectivity index (χ1) is 12.4. The lowest BCUT2D eigenvalue weighted by Gasteiger charge is -2.30. The molecule has 4 rings (SSSR count). The van der Waals surface area contributed by atoms with Crippen LogP contribution in [0.25, 0.3) is 5.78 Å². The third kappa shape index (κ3) is 2.32. The van der Waals surface area contributed by atoms with Crippen LogP contribution in [0.2, 0.25) is 0 Å². The van der Waals surface area contributed by atoms with Crippen LogP contribution in [0.15, 0.2) is 35.1 Å². The molecule has 1 aliphatic rings. The van der Waals surface area contributed by atoms with Gasteiger partial charge in [0.05, 0.1) is 19.3 Å². The van der Waals surface area contributed by atoms with Crippen molar-refractivity contribution in [1.82, 2.24) is 18.9 Å². The first kappa shape index (κ1) is 16.1. The summed E-state index contributed by atoms with van der Waals surface area (Å²) in [5, 5.41) is 10.3. The Bertz CT molecular complexity index is 1090. The van der Waals surface area contributed by atoms with E-state index < -0.39 is 5.56 Å². The summed E-state index contributed by atoms with van der Waals surface area (Å²) in [6.07, 6.45) is 0. The van der Waals surface area contributed by atoms with Crippen LogP contribution in [-0.2, 0) is 6.54 Å². The molecule has 0 bridgehead atoms. The maximum absolute atomic E-state index is 13.1. The molecule has 1 aromatic carbocycles. The average Bonchev–Trinajstić information content (AvgIpc) is 3.00. The van der Waals surface area contributed by atoms with E-state index in [1.807, 2.05) is 0 Å². The third-order valence-electron chi connectivity index (χ3n) is 4.42. The number of imidazole rings is 1. The predicted molar refractivity (Wildman–Crippen MR) is 92.0 cm³/mol. The molecular weight excluding hydrogens is 341 g/mol. The van der Waals surface area contributed by atoms with Gasteiger partial charge in [-0.1, -0.05) is 12.1 Å². The number of amides is 1. The van der Waals surface area contributed by atoms with E-state index in [9.17, 15) is 19.1 Å². The van der Waals surface area contributed by atoms with Crippen molar-refractivity contribution in [2.45, 2.75) is 6.54 Å². The Morgan fingerprint density at radius 1 is 1.15 bits per heavy atom. The summed E-state index contributed by atoms with van der Waals surface area (Å²) in [6, 6.07) is 6.79. The van der Waals surface area contributed by atoms with E-state index in [1.54, 1.807) is 31.1 Å². The van der Waals surface area contributed by atoms with E-state index in [4.69, 9.17) is 0 Å². The molecule has 0 saturated heterocycles. The Morgan fingerprint density at radius 3 is 2.54 bits per heavy atom. The van der Waals surface area contributed by atoms with Gasteiger partial charge < -0.3 is 14.9 Å². The minimum atomic E-state index is -0.467. The molecule has 3 heterocycles. The Morgan fingerprint density at radius 2 is 1.85 bits per heavy atom. The fraction of sp³-hybridized carbons (Fsp3) is 0.235. The molecule has 8 nitrogen and oxygen atoms in total. The van der Waals surface area contributed by atoms with Gasteiger partial charge in [0.1, 0.15) is 5.82 Å². The number of anilines is 1. The first-order valence-corrected chi connectivity index (χ1v) is 7.93. The largest absolute Gasteiger partial charge is 0.494 e. The molecule has 134 valence electrons. The molecule has 9 heteroatoms. The molecule has 0 radical (unpaired) electrons. The van der Waals surface area contributed by atoms with Crippen molar-refractivity contribution in [3.05, 3.63) is 57.8 Å². The number of carbonyl (C=O) groups excluding carboxylic acids is 1. The van der Waals surface area contributed by atoms with E-state index >= 15 is 0 Å². The number of hydrogen-bond donors (Lipinski definition) is 1. The molecule has 0 aliphatic carbocycles. The quantitative estimate of drug-likeness (QED) is 0.736. The lowest BCUT2D eigenvalue weighted by Crippen LogP contribution is -2.43. The third-order valence-corrected chi connectivity index (χ3v) is 4.42. The van der Waals surface area contributed by atoms with Crippen LogP contribution in [0.5, 0.6) is 5.88 Å². The highest BCUT2D eigenvalue weighted by molar-refractivity contribution is 6.00. The molecule has 1 amide bonds. The number of carbonyl (C=O) groups is 1. The van der Waals surface area contributed by atoms with E-state index in [-0.39, 0.29) is 35.6 Å². The molecule has 0 saturated carbocycles. The van der Waals surface area contributed by atoms with Gasteiger partial charge in [0, 0.05) is 14.1 Å². The second-order valence-electron chi connectivity index (χ2n) is 6.32. The van der Waals surface area contributed by atoms with Gasteiger partial charge in [-0.2, -0.15) is 4.98 Å². The summed E-state index contributed by atoms with van der Waals surface area (Å²) in [5.74, 6) is -0.482. The number of benzene rings is 1. The fourth-order valence-electron chi connectivity index (χ4n) is 3.16. The van der Waals surface area contributed by atoms with Crippen molar-refractivity contribution < 1.29 is 14.3 Å². The minimum Gasteiger partial charge on any atom is -0.494 e. The van der Waals surface area contributed by atoms with Crippen LogP contribution < -0.4 is 10.5 Å². The van der Waals surface area contributed by atoms with Crippen LogP contribution >= 0.6 is 0 Å². The summed E-state index contributed by atoms with van der Waals surface area (Å²) < 4.78 is 15.7. The molecule has 0 unspecified atom stereocenters. The zero-order chi connectivity index (χ0) is 18.6. The van der Waals surface area contributed by atoms with Gasteiger partial charge in [-0.3, -0.25) is 14.2 Å². The highest BCUT2D eigenvalue weighted by Gasteiger charge is 2.32. The van der Waals surface area contributed by atoms with Crippen LogP contribution in [0.4, 0.5) is 10.2 Å². The molecule has 0 atom stereocenters. The number of rotatable bonds is 2. The van der Waals surface area contributed by atoms with E-state index in [2.05, 4.69) is 4.98 Å². The highest BCUT2D eigenvalue weighted by atomic mass is 19.1. The normalized spacial score (nSPS) is 14.2. The summed E-state index contributed by atoms with van der Waals surface area (Å²) >= 11 is 0. The second-order valence-corrected chi connectivity index (χ2v) is 6.32. The van der Waals surface area contributed by atoms with Gasteiger partial charge in [-0.25, -0.2) is 8.79 Å². The van der Waals surface area contributed by atoms with Crippen molar-refractivity contribution in [3.63, 3.8) is 0 Å². The standard InChI is InChI=1S/C17H16FN5O3/c1-20-9-21(2)16(26)14-15(20)19-17-22(12(24)7-13(25)23(14)17)8-10-3-5-11(18)6-4-10/h3-7,25H,8-9H2,1-2H3. The maximum atomic E-state index is 13.1. The van der Waals surface area contributed by atoms with Crippen LogP contribution in [0.3, 0.4) is 0 Å². The molecule has 26 heavy (non-hydrogen) atoms. The molecule has 1 aliphatic heterocycles. The van der Waals surface area contributed by atoms with Crippen molar-refractivity contribution in [1.29, 1.82) is 0 Å². The Balaban J connectivity index is 1.96. The van der Waals surface area contributed by atoms with Gasteiger partial charge in [0.25, 0.3) is 11.5 Å². The molecule has 3 aromatic rings. The second kappa shape index (κ2) is 5.58. The highest BCUT2D eigenvalue weighted by Crippen LogP contribution is 2.28. The lowest BCUT2D eigenvalue weighted by atomic mass is 10.2. The van der Waals surface area contributed by atoms with Crippen molar-refractivity contribution in [2.75, 3.05) is 25.7 Å². The van der Waals surface area contributed by atoms with Crippen molar-refractivity contribution >= 4 is 17.5 Å². The van der Waals surface area contributed by atoms with Gasteiger partial charge in [-0.15, -0.1) is 0 Å². The Kier molecular flexibility index (Phi) is 3.46. The smallest absolute Gasteiger partial charge is 0.276 e. The first-order valence-electron chi connectivity index (χ1n) is 7.93. The summed E-state index contributed by atoms with van der Waals surface area (Å²) in [7, 11) is 3.42. The predicted octanol–water partition coefficient (Wildman–Crippen LogP) is 0.868. The van der Waals surface area contributed by atoms with Crippen molar-refractivity contribution in [3.8, 4) is 5.88 Å². The lowest BCUT2D eigenvalue weighted by molar-refractivity contribution is 0.0776. The van der Waals surface area contributed by atoms with Gasteiger partial charge in [0.2, 0.25) is 11.7 Å². The zero-order valence-electron chi connectivity index (χ0n) is 14.2. The Labute approximate surface area is 147 Å². The summed E-state index contributed by atoms with van der Waals surface area (Å²) in [6.45, 7) is 0.477. The summed E-state index contributed by atoms with van der Waals surface area (Å²) in [5.41, 5.74) is 0.422. The molecule has 0 fully saturated rings. The van der Waals surface area contributed by atoms with E-state index in [0.717, 1.165) is 6.07 Å².